The molecule has 14 heavy (non-hydrogen) atoms. The summed E-state index contributed by atoms with van der Waals surface area (Å²) >= 11 is 0. The van der Waals surface area contributed by atoms with Crippen molar-refractivity contribution in [3.63, 3.8) is 0 Å². The van der Waals surface area contributed by atoms with Gasteiger partial charge in [0.2, 0.25) is 0 Å². The molecular weight excluding hydrogens is 176 g/mol. The van der Waals surface area contributed by atoms with Crippen LogP contribution in [0.15, 0.2) is 18.3 Å². The van der Waals surface area contributed by atoms with Crippen molar-refractivity contribution < 1.29 is 4.74 Å². The number of hydrogen-bond acceptors (Lipinski definition) is 3. The van der Waals surface area contributed by atoms with Crippen molar-refractivity contribution in [2.45, 2.75) is 26.2 Å². The lowest BCUT2D eigenvalue weighted by atomic mass is 10.1. The molecule has 2 N–H and O–H groups in total. The van der Waals surface area contributed by atoms with Gasteiger partial charge in [-0.1, -0.05) is 13.0 Å². The zero-order valence-electron chi connectivity index (χ0n) is 8.70. The average molecular weight is 194 g/mol. The number of nitrogens with zero attached hydrogens (tertiary/aromatic N) is 1. The minimum atomic E-state index is 0.642. The van der Waals surface area contributed by atoms with Crippen LogP contribution in [0.5, 0.6) is 0 Å². The van der Waals surface area contributed by atoms with Crippen LogP contribution < -0.4 is 5.73 Å². The van der Waals surface area contributed by atoms with E-state index in [1.807, 2.05) is 12.1 Å². The summed E-state index contributed by atoms with van der Waals surface area (Å²) in [5.74, 6) is 0.642. The van der Waals surface area contributed by atoms with E-state index in [0.717, 1.165) is 38.0 Å². The smallest absolute Gasteiger partial charge is 0.126 e. The zero-order chi connectivity index (χ0) is 10.2. The molecule has 0 aliphatic carbocycles. The first-order valence-electron chi connectivity index (χ1n) is 5.11. The lowest BCUT2D eigenvalue weighted by Crippen LogP contribution is -2.01. The highest BCUT2D eigenvalue weighted by molar-refractivity contribution is 5.38. The number of anilines is 1. The molecule has 0 atom stereocenters. The fourth-order valence-corrected chi connectivity index (χ4v) is 1.27. The Hall–Kier alpha value is -1.09. The zero-order valence-corrected chi connectivity index (χ0v) is 8.70. The van der Waals surface area contributed by atoms with Gasteiger partial charge in [-0.15, -0.1) is 0 Å². The molecule has 0 fully saturated rings. The number of aryl methyl sites for hydroxylation is 1. The lowest BCUT2D eigenvalue weighted by molar-refractivity contribution is 0.132. The van der Waals surface area contributed by atoms with E-state index >= 15 is 0 Å². The number of nitrogens with two attached hydrogens (primary N) is 1. The van der Waals surface area contributed by atoms with Crippen molar-refractivity contribution in [3.8, 4) is 0 Å². The number of pyridine rings is 1. The summed E-state index contributed by atoms with van der Waals surface area (Å²) in [4.78, 5) is 4.03. The molecule has 3 heteroatoms. The molecular formula is C11H18N2O. The van der Waals surface area contributed by atoms with E-state index in [0.29, 0.717) is 5.82 Å². The molecule has 0 saturated carbocycles. The molecule has 3 nitrogen and oxygen atoms in total. The van der Waals surface area contributed by atoms with Gasteiger partial charge < -0.3 is 10.5 Å². The van der Waals surface area contributed by atoms with E-state index in [-0.39, 0.29) is 0 Å². The van der Waals surface area contributed by atoms with Gasteiger partial charge in [-0.2, -0.15) is 0 Å². The third-order valence-electron chi connectivity index (χ3n) is 2.01. The standard InChI is InChI=1S/C11H18N2O/c1-2-8-14-9-4-6-10-5-3-7-13-11(10)12/h3,5,7H,2,4,6,8-9H2,1H3,(H2,12,13). The topological polar surface area (TPSA) is 48.1 Å². The van der Waals surface area contributed by atoms with E-state index in [9.17, 15) is 0 Å². The van der Waals surface area contributed by atoms with Crippen LogP contribution in [0.3, 0.4) is 0 Å². The van der Waals surface area contributed by atoms with Crippen molar-refractivity contribution in [1.82, 2.24) is 4.98 Å². The molecule has 0 radical (unpaired) electrons. The van der Waals surface area contributed by atoms with Crippen molar-refractivity contribution in [2.24, 2.45) is 0 Å². The molecule has 1 heterocycles. The molecule has 0 aromatic carbocycles. The molecule has 0 amide bonds. The van der Waals surface area contributed by atoms with Crippen LogP contribution in [0.25, 0.3) is 0 Å². The Balaban J connectivity index is 2.21. The Morgan fingerprint density at radius 3 is 3.00 bits per heavy atom. The summed E-state index contributed by atoms with van der Waals surface area (Å²) in [6.07, 6.45) is 4.75. The third kappa shape index (κ3) is 3.75. The van der Waals surface area contributed by atoms with Crippen LogP contribution in [-0.4, -0.2) is 18.2 Å². The number of ether oxygens (including phenoxy) is 1. The van der Waals surface area contributed by atoms with Gasteiger partial charge in [-0.05, 0) is 30.9 Å². The molecule has 0 aliphatic heterocycles. The predicted octanol–water partition coefficient (Wildman–Crippen LogP) is 2.02. The minimum Gasteiger partial charge on any atom is -0.383 e. The van der Waals surface area contributed by atoms with E-state index in [1.165, 1.54) is 0 Å². The second-order valence-electron chi connectivity index (χ2n) is 3.26. The SMILES string of the molecule is CCCOCCCc1cccnc1N. The molecule has 0 spiro atoms. The summed E-state index contributed by atoms with van der Waals surface area (Å²) in [6, 6.07) is 3.93. The van der Waals surface area contributed by atoms with Gasteiger partial charge in [0.25, 0.3) is 0 Å². The third-order valence-corrected chi connectivity index (χ3v) is 2.01. The van der Waals surface area contributed by atoms with Gasteiger partial charge in [0.1, 0.15) is 5.82 Å². The van der Waals surface area contributed by atoms with Crippen molar-refractivity contribution >= 4 is 5.82 Å². The number of nitrogen functional groups attached to an aromatic ring is 1. The minimum absolute atomic E-state index is 0.642. The monoisotopic (exact) mass is 194 g/mol. The van der Waals surface area contributed by atoms with Gasteiger partial charge in [-0.3, -0.25) is 0 Å². The van der Waals surface area contributed by atoms with Crippen LogP contribution in [0.1, 0.15) is 25.3 Å². The second kappa shape index (κ2) is 6.38. The fraction of sp³-hybridized carbons (Fsp3) is 0.545. The summed E-state index contributed by atoms with van der Waals surface area (Å²) < 4.78 is 5.38. The van der Waals surface area contributed by atoms with Gasteiger partial charge in [0.15, 0.2) is 0 Å². The highest BCUT2D eigenvalue weighted by Gasteiger charge is 1.98. The quantitative estimate of drug-likeness (QED) is 0.705. The van der Waals surface area contributed by atoms with Gasteiger partial charge in [-0.25, -0.2) is 4.98 Å². The summed E-state index contributed by atoms with van der Waals surface area (Å²) in [5.41, 5.74) is 6.83. The van der Waals surface area contributed by atoms with E-state index in [1.54, 1.807) is 6.20 Å². The summed E-state index contributed by atoms with van der Waals surface area (Å²) in [6.45, 7) is 3.77. The van der Waals surface area contributed by atoms with Crippen molar-refractivity contribution in [3.05, 3.63) is 23.9 Å². The normalized spacial score (nSPS) is 10.4. The van der Waals surface area contributed by atoms with Gasteiger partial charge in [0, 0.05) is 19.4 Å². The molecule has 1 aromatic heterocycles. The molecule has 0 bridgehead atoms. The van der Waals surface area contributed by atoms with Crippen molar-refractivity contribution in [2.75, 3.05) is 18.9 Å². The van der Waals surface area contributed by atoms with Crippen molar-refractivity contribution in [1.29, 1.82) is 0 Å². The molecule has 0 unspecified atom stereocenters. The molecule has 78 valence electrons. The Morgan fingerprint density at radius 2 is 2.29 bits per heavy atom. The average Bonchev–Trinajstić information content (AvgIpc) is 2.20. The van der Waals surface area contributed by atoms with Gasteiger partial charge in [0.05, 0.1) is 0 Å². The predicted molar refractivity (Wildman–Crippen MR) is 58.1 cm³/mol. The fourth-order valence-electron chi connectivity index (χ4n) is 1.27. The first-order chi connectivity index (χ1) is 6.84. The highest BCUT2D eigenvalue weighted by atomic mass is 16.5. The number of hydrogen-bond donors (Lipinski definition) is 1. The van der Waals surface area contributed by atoms with Crippen LogP contribution in [0.2, 0.25) is 0 Å². The molecule has 0 aliphatic rings. The molecule has 0 saturated heterocycles. The maximum atomic E-state index is 5.71. The Morgan fingerprint density at radius 1 is 1.43 bits per heavy atom. The maximum Gasteiger partial charge on any atom is 0.126 e. The first-order valence-corrected chi connectivity index (χ1v) is 5.11. The van der Waals surface area contributed by atoms with E-state index in [2.05, 4.69) is 11.9 Å². The van der Waals surface area contributed by atoms with Crippen LogP contribution in [0.4, 0.5) is 5.82 Å². The lowest BCUT2D eigenvalue weighted by Gasteiger charge is -2.04. The number of aromatic nitrogens is 1. The maximum absolute atomic E-state index is 5.71. The van der Waals surface area contributed by atoms with E-state index < -0.39 is 0 Å². The number of rotatable bonds is 6. The second-order valence-corrected chi connectivity index (χ2v) is 3.26. The summed E-state index contributed by atoms with van der Waals surface area (Å²) in [5, 5.41) is 0. The van der Waals surface area contributed by atoms with E-state index in [4.69, 9.17) is 10.5 Å². The van der Waals surface area contributed by atoms with Crippen LogP contribution in [0, 0.1) is 0 Å². The van der Waals surface area contributed by atoms with Gasteiger partial charge >= 0.3 is 0 Å². The van der Waals surface area contributed by atoms with Crippen LogP contribution in [-0.2, 0) is 11.2 Å². The highest BCUT2D eigenvalue weighted by Crippen LogP contribution is 2.09. The summed E-state index contributed by atoms with van der Waals surface area (Å²) in [7, 11) is 0. The Labute approximate surface area is 85.3 Å². The van der Waals surface area contributed by atoms with Crippen LogP contribution >= 0.6 is 0 Å². The Kier molecular flexibility index (Phi) is 5.00. The first kappa shape index (κ1) is 11.0. The largest absolute Gasteiger partial charge is 0.383 e. The Bertz CT molecular complexity index is 263. The molecule has 1 rings (SSSR count). The molecule has 1 aromatic rings.